The van der Waals surface area contributed by atoms with Crippen LogP contribution in [0.25, 0.3) is 0 Å². The summed E-state index contributed by atoms with van der Waals surface area (Å²) < 4.78 is 88.5. The van der Waals surface area contributed by atoms with Crippen molar-refractivity contribution in [3.05, 3.63) is 82.9 Å². The van der Waals surface area contributed by atoms with Gasteiger partial charge in [-0.1, -0.05) is 24.3 Å². The number of methoxy groups -OCH3 is 1. The summed E-state index contributed by atoms with van der Waals surface area (Å²) in [6.45, 7) is 0.283. The van der Waals surface area contributed by atoms with Gasteiger partial charge in [-0.3, -0.25) is 0 Å². The Kier molecular flexibility index (Phi) is 5.23. The Hall–Kier alpha value is -3.28. The van der Waals surface area contributed by atoms with E-state index in [9.17, 15) is 21.6 Å². The van der Waals surface area contributed by atoms with Crippen LogP contribution in [0, 0.1) is 0 Å². The molecule has 1 spiro atoms. The van der Waals surface area contributed by atoms with Crippen LogP contribution in [0.2, 0.25) is 0 Å². The highest BCUT2D eigenvalue weighted by Crippen LogP contribution is 2.57. The molecule has 178 valence electrons. The summed E-state index contributed by atoms with van der Waals surface area (Å²) >= 11 is 0. The predicted molar refractivity (Wildman–Crippen MR) is 112 cm³/mol. The zero-order valence-corrected chi connectivity index (χ0v) is 18.4. The van der Waals surface area contributed by atoms with E-state index in [4.69, 9.17) is 18.9 Å². The Balaban J connectivity index is 1.66. The molecule has 2 heterocycles. The predicted octanol–water partition coefficient (Wildman–Crippen LogP) is 4.83. The molecule has 0 saturated carbocycles. The van der Waals surface area contributed by atoms with E-state index < -0.39 is 27.0 Å². The minimum absolute atomic E-state index is 0.00681. The normalized spacial score (nSPS) is 18.6. The number of hydrogen-bond donors (Lipinski definition) is 0. The number of fused-ring (bicyclic) bond motifs is 6. The molecule has 3 aromatic rings. The topological polar surface area (TPSA) is 80.3 Å². The minimum Gasteiger partial charge on any atom is -0.467 e. The lowest BCUT2D eigenvalue weighted by Crippen LogP contribution is -2.32. The fourth-order valence-electron chi connectivity index (χ4n) is 4.16. The molecular weight excluding hydrogens is 477 g/mol. The third kappa shape index (κ3) is 3.47. The number of rotatable bonds is 5. The van der Waals surface area contributed by atoms with Gasteiger partial charge in [-0.25, -0.2) is 0 Å². The van der Waals surface area contributed by atoms with Gasteiger partial charge in [-0.2, -0.15) is 21.6 Å². The molecule has 1 unspecified atom stereocenters. The average Bonchev–Trinajstić information content (AvgIpc) is 3.16. The van der Waals surface area contributed by atoms with Crippen molar-refractivity contribution < 1.29 is 44.7 Å². The van der Waals surface area contributed by atoms with E-state index in [0.717, 1.165) is 23.3 Å². The van der Waals surface area contributed by atoms with Crippen LogP contribution in [-0.4, -0.2) is 27.8 Å². The zero-order chi connectivity index (χ0) is 24.1. The van der Waals surface area contributed by atoms with E-state index >= 15 is 0 Å². The molecule has 11 heteroatoms. The maximum absolute atomic E-state index is 12.8. The lowest BCUT2D eigenvalue weighted by molar-refractivity contribution is -0.0500. The molecule has 2 aliphatic rings. The first-order valence-corrected chi connectivity index (χ1v) is 11.4. The molecule has 0 aromatic heterocycles. The summed E-state index contributed by atoms with van der Waals surface area (Å²) in [6, 6.07) is 16.3. The largest absolute Gasteiger partial charge is 0.534 e. The molecule has 0 aliphatic carbocycles. The van der Waals surface area contributed by atoms with Crippen molar-refractivity contribution in [3.8, 4) is 23.0 Å². The highest BCUT2D eigenvalue weighted by molar-refractivity contribution is 7.88. The fraction of sp³-hybridized carbons (Fsp3) is 0.217. The van der Waals surface area contributed by atoms with Crippen LogP contribution >= 0.6 is 0 Å². The number of hydrogen-bond acceptors (Lipinski definition) is 7. The molecule has 2 aliphatic heterocycles. The van der Waals surface area contributed by atoms with Crippen molar-refractivity contribution in [2.75, 3.05) is 13.9 Å². The molecular formula is C23H17F3O7S. The van der Waals surface area contributed by atoms with Crippen molar-refractivity contribution in [1.82, 2.24) is 0 Å². The molecule has 1 atom stereocenters. The maximum atomic E-state index is 12.8. The lowest BCUT2D eigenvalue weighted by atomic mass is 9.77. The SMILES string of the molecule is COCOc1ccc2c(c1)Oc1cc(OS(=O)(=O)C(F)(F)F)ccc1C21OCc2ccccc21. The van der Waals surface area contributed by atoms with E-state index in [2.05, 4.69) is 4.18 Å². The smallest absolute Gasteiger partial charge is 0.467 e. The monoisotopic (exact) mass is 494 g/mol. The Bertz CT molecular complexity index is 1370. The van der Waals surface area contributed by atoms with Gasteiger partial charge in [0.25, 0.3) is 0 Å². The number of ether oxygens (including phenoxy) is 4. The standard InChI is InChI=1S/C23H17F3O7S/c1-29-13-30-15-6-8-18-20(10-15)32-21-11-16(33-34(27,28)23(24,25)26)7-9-19(21)22(18)17-5-3-2-4-14(17)12-31-22/h2-11H,12-13H2,1H3. The second kappa shape index (κ2) is 7.90. The van der Waals surface area contributed by atoms with E-state index in [-0.39, 0.29) is 19.1 Å². The van der Waals surface area contributed by atoms with Gasteiger partial charge >= 0.3 is 15.6 Å². The Morgan fingerprint density at radius 3 is 2.26 bits per heavy atom. The van der Waals surface area contributed by atoms with Gasteiger partial charge in [0.15, 0.2) is 12.4 Å². The van der Waals surface area contributed by atoms with Gasteiger partial charge in [0.1, 0.15) is 23.0 Å². The fourth-order valence-corrected chi connectivity index (χ4v) is 4.61. The zero-order valence-electron chi connectivity index (χ0n) is 17.6. The van der Waals surface area contributed by atoms with Crippen molar-refractivity contribution in [3.63, 3.8) is 0 Å². The van der Waals surface area contributed by atoms with Crippen LogP contribution in [0.5, 0.6) is 23.0 Å². The summed E-state index contributed by atoms with van der Waals surface area (Å²) in [5.41, 5.74) is -3.78. The third-order valence-electron chi connectivity index (χ3n) is 5.56. The van der Waals surface area contributed by atoms with E-state index in [1.807, 2.05) is 24.3 Å². The minimum atomic E-state index is -5.85. The third-order valence-corrected chi connectivity index (χ3v) is 6.54. The van der Waals surface area contributed by atoms with Gasteiger partial charge in [0.2, 0.25) is 0 Å². The van der Waals surface area contributed by atoms with Crippen LogP contribution in [0.1, 0.15) is 22.3 Å². The van der Waals surface area contributed by atoms with Crippen LogP contribution in [-0.2, 0) is 31.8 Å². The lowest BCUT2D eigenvalue weighted by Gasteiger charge is -2.37. The number of benzene rings is 3. The van der Waals surface area contributed by atoms with E-state index in [0.29, 0.717) is 22.6 Å². The molecule has 3 aromatic carbocycles. The molecule has 0 N–H and O–H groups in total. The maximum Gasteiger partial charge on any atom is 0.534 e. The number of alkyl halides is 3. The van der Waals surface area contributed by atoms with Crippen LogP contribution in [0.3, 0.4) is 0 Å². The molecule has 0 fully saturated rings. The molecule has 0 radical (unpaired) electrons. The molecule has 0 amide bonds. The van der Waals surface area contributed by atoms with Gasteiger partial charge in [-0.15, -0.1) is 0 Å². The second-order valence-electron chi connectivity index (χ2n) is 7.58. The Labute approximate surface area is 192 Å². The average molecular weight is 494 g/mol. The first kappa shape index (κ1) is 22.5. The molecule has 7 nitrogen and oxygen atoms in total. The molecule has 34 heavy (non-hydrogen) atoms. The summed E-state index contributed by atoms with van der Waals surface area (Å²) in [6.07, 6.45) is 0. The van der Waals surface area contributed by atoms with Crippen LogP contribution in [0.4, 0.5) is 13.2 Å². The van der Waals surface area contributed by atoms with Gasteiger partial charge in [0.05, 0.1) is 6.61 Å². The van der Waals surface area contributed by atoms with Gasteiger partial charge < -0.3 is 23.1 Å². The second-order valence-corrected chi connectivity index (χ2v) is 9.12. The van der Waals surface area contributed by atoms with Crippen LogP contribution in [0.15, 0.2) is 60.7 Å². The highest BCUT2D eigenvalue weighted by atomic mass is 32.2. The van der Waals surface area contributed by atoms with Gasteiger partial charge in [0, 0.05) is 30.4 Å². The number of halogens is 3. The molecule has 0 bridgehead atoms. The van der Waals surface area contributed by atoms with Crippen molar-refractivity contribution in [1.29, 1.82) is 0 Å². The quantitative estimate of drug-likeness (QED) is 0.286. The molecule has 5 rings (SSSR count). The van der Waals surface area contributed by atoms with Crippen molar-refractivity contribution in [2.24, 2.45) is 0 Å². The van der Waals surface area contributed by atoms with Crippen molar-refractivity contribution >= 4 is 10.1 Å². The van der Waals surface area contributed by atoms with E-state index in [1.165, 1.54) is 13.2 Å². The summed E-state index contributed by atoms with van der Waals surface area (Å²) in [5.74, 6) is 0.293. The summed E-state index contributed by atoms with van der Waals surface area (Å²) in [5, 5.41) is 0. The summed E-state index contributed by atoms with van der Waals surface area (Å²) in [7, 11) is -4.38. The van der Waals surface area contributed by atoms with Gasteiger partial charge in [-0.05, 0) is 35.4 Å². The molecule has 0 saturated heterocycles. The summed E-state index contributed by atoms with van der Waals surface area (Å²) in [4.78, 5) is 0. The highest BCUT2D eigenvalue weighted by Gasteiger charge is 2.51. The first-order chi connectivity index (χ1) is 16.2. The van der Waals surface area contributed by atoms with Crippen LogP contribution < -0.4 is 13.7 Å². The Morgan fingerprint density at radius 2 is 1.59 bits per heavy atom. The van der Waals surface area contributed by atoms with Crippen molar-refractivity contribution in [2.45, 2.75) is 17.7 Å². The van der Waals surface area contributed by atoms with E-state index in [1.54, 1.807) is 18.2 Å². The Morgan fingerprint density at radius 1 is 0.941 bits per heavy atom. The first-order valence-electron chi connectivity index (χ1n) is 9.97.